The molecule has 1 atom stereocenters. The van der Waals surface area contributed by atoms with Crippen LogP contribution in [0.25, 0.3) is 0 Å². The first-order chi connectivity index (χ1) is 9.28. The van der Waals surface area contributed by atoms with Crippen LogP contribution in [0.4, 0.5) is 11.5 Å². The van der Waals surface area contributed by atoms with Gasteiger partial charge in [0.15, 0.2) is 5.82 Å². The molecule has 7 heteroatoms. The Morgan fingerprint density at radius 2 is 2.47 bits per heavy atom. The second-order valence-corrected chi connectivity index (χ2v) is 4.77. The van der Waals surface area contributed by atoms with Crippen molar-refractivity contribution in [3.8, 4) is 6.01 Å². The Hall–Kier alpha value is -1.76. The third-order valence-corrected chi connectivity index (χ3v) is 3.28. The lowest BCUT2D eigenvalue weighted by atomic mass is 10.3. The second-order valence-electron chi connectivity index (χ2n) is 4.77. The molecule has 0 amide bonds. The van der Waals surface area contributed by atoms with E-state index >= 15 is 0 Å². The Morgan fingerprint density at radius 3 is 3.21 bits per heavy atom. The number of nitrogens with one attached hydrogen (secondary N) is 2. The van der Waals surface area contributed by atoms with Crippen LogP contribution in [0.3, 0.4) is 0 Å². The van der Waals surface area contributed by atoms with Crippen molar-refractivity contribution in [1.82, 2.24) is 9.97 Å². The monoisotopic (exact) mass is 266 g/mol. The number of aromatic amines is 1. The normalized spacial score (nSPS) is 21.3. The lowest BCUT2D eigenvalue weighted by Crippen LogP contribution is -2.24. The minimum atomic E-state index is -0.183. The lowest BCUT2D eigenvalue weighted by molar-refractivity contribution is 0.134. The summed E-state index contributed by atoms with van der Waals surface area (Å²) in [4.78, 5) is 21.1. The number of H-pyrrole nitrogens is 1. The van der Waals surface area contributed by atoms with Crippen LogP contribution in [-0.2, 0) is 4.74 Å². The molecule has 3 heterocycles. The highest BCUT2D eigenvalue weighted by Crippen LogP contribution is 2.27. The maximum absolute atomic E-state index is 12.0. The molecule has 0 aromatic carbocycles. The van der Waals surface area contributed by atoms with Crippen molar-refractivity contribution in [1.29, 1.82) is 0 Å². The molecular weight excluding hydrogens is 248 g/mol. The van der Waals surface area contributed by atoms with Crippen LogP contribution >= 0.6 is 0 Å². The van der Waals surface area contributed by atoms with Crippen molar-refractivity contribution >= 4 is 11.5 Å². The van der Waals surface area contributed by atoms with Gasteiger partial charge in [-0.25, -0.2) is 0 Å². The predicted octanol–water partition coefficient (Wildman–Crippen LogP) is 0.537. The van der Waals surface area contributed by atoms with E-state index in [0.717, 1.165) is 19.4 Å². The van der Waals surface area contributed by atoms with E-state index in [2.05, 4.69) is 22.2 Å². The molecule has 0 saturated carbocycles. The highest BCUT2D eigenvalue weighted by atomic mass is 16.6. The van der Waals surface area contributed by atoms with E-state index in [1.54, 1.807) is 0 Å². The number of ether oxygens (including phenoxy) is 2. The molecule has 19 heavy (non-hydrogen) atoms. The molecule has 0 spiro atoms. The van der Waals surface area contributed by atoms with Gasteiger partial charge in [0.05, 0.1) is 19.9 Å². The number of hydrogen-bond donors (Lipinski definition) is 2. The second kappa shape index (κ2) is 5.08. The van der Waals surface area contributed by atoms with Crippen LogP contribution in [0, 0.1) is 0 Å². The number of hydrogen-bond acceptors (Lipinski definition) is 6. The highest BCUT2D eigenvalue weighted by Gasteiger charge is 2.25. The standard InChI is InChI=1S/C12H18N4O3/c1-2-4-16-7-13-9-10(16)14-12(15-11(9)17)19-8-3-5-18-6-8/h8,13H,2-7H2,1H3,(H,14,15,17). The predicted molar refractivity (Wildman–Crippen MR) is 70.8 cm³/mol. The zero-order valence-corrected chi connectivity index (χ0v) is 10.9. The summed E-state index contributed by atoms with van der Waals surface area (Å²) in [6.45, 7) is 4.83. The van der Waals surface area contributed by atoms with Gasteiger partial charge in [-0.2, -0.15) is 4.98 Å². The Bertz CT molecular complexity index is 510. The summed E-state index contributed by atoms with van der Waals surface area (Å²) in [6, 6.07) is 0.282. The van der Waals surface area contributed by atoms with Crippen LogP contribution < -0.4 is 20.5 Å². The molecular formula is C12H18N4O3. The quantitative estimate of drug-likeness (QED) is 0.828. The minimum absolute atomic E-state index is 0.0183. The van der Waals surface area contributed by atoms with E-state index in [1.807, 2.05) is 4.90 Å². The molecule has 0 radical (unpaired) electrons. The minimum Gasteiger partial charge on any atom is -0.459 e. The first-order valence-electron chi connectivity index (χ1n) is 6.65. The summed E-state index contributed by atoms with van der Waals surface area (Å²) >= 11 is 0. The van der Waals surface area contributed by atoms with Gasteiger partial charge in [-0.05, 0) is 6.42 Å². The molecule has 2 aliphatic heterocycles. The van der Waals surface area contributed by atoms with Gasteiger partial charge in [0.25, 0.3) is 11.6 Å². The van der Waals surface area contributed by atoms with Crippen molar-refractivity contribution in [2.45, 2.75) is 25.9 Å². The largest absolute Gasteiger partial charge is 0.459 e. The van der Waals surface area contributed by atoms with Gasteiger partial charge in [-0.3, -0.25) is 9.78 Å². The van der Waals surface area contributed by atoms with Gasteiger partial charge < -0.3 is 19.7 Å². The molecule has 1 unspecified atom stereocenters. The topological polar surface area (TPSA) is 79.5 Å². The molecule has 1 aromatic heterocycles. The number of nitrogens with zero attached hydrogens (tertiary/aromatic N) is 2. The average molecular weight is 266 g/mol. The number of fused-ring (bicyclic) bond motifs is 1. The van der Waals surface area contributed by atoms with Gasteiger partial charge in [0, 0.05) is 13.0 Å². The summed E-state index contributed by atoms with van der Waals surface area (Å²) in [5, 5.41) is 3.06. The van der Waals surface area contributed by atoms with Crippen LogP contribution in [-0.4, -0.2) is 42.5 Å². The van der Waals surface area contributed by atoms with Gasteiger partial charge in [-0.1, -0.05) is 6.92 Å². The Balaban J connectivity index is 1.84. The van der Waals surface area contributed by atoms with Crippen molar-refractivity contribution < 1.29 is 9.47 Å². The molecule has 1 aromatic rings. The van der Waals surface area contributed by atoms with E-state index in [9.17, 15) is 4.79 Å². The van der Waals surface area contributed by atoms with Gasteiger partial charge in [0.1, 0.15) is 11.8 Å². The molecule has 2 N–H and O–H groups in total. The summed E-state index contributed by atoms with van der Waals surface area (Å²) < 4.78 is 10.9. The number of rotatable bonds is 4. The third-order valence-electron chi connectivity index (χ3n) is 3.28. The zero-order chi connectivity index (χ0) is 13.2. The summed E-state index contributed by atoms with van der Waals surface area (Å²) in [6.07, 6.45) is 1.81. The SMILES string of the molecule is CCCN1CNc2c1nc(OC1CCOC1)[nH]c2=O. The van der Waals surface area contributed by atoms with Crippen molar-refractivity contribution in [3.05, 3.63) is 10.4 Å². The maximum atomic E-state index is 12.0. The van der Waals surface area contributed by atoms with E-state index in [0.29, 0.717) is 31.4 Å². The van der Waals surface area contributed by atoms with E-state index in [-0.39, 0.29) is 17.7 Å². The average Bonchev–Trinajstić information content (AvgIpc) is 3.01. The maximum Gasteiger partial charge on any atom is 0.298 e. The van der Waals surface area contributed by atoms with Crippen LogP contribution in [0.1, 0.15) is 19.8 Å². The fourth-order valence-electron chi connectivity index (χ4n) is 2.35. The molecule has 7 nitrogen and oxygen atoms in total. The molecule has 1 fully saturated rings. The fraction of sp³-hybridized carbons (Fsp3) is 0.667. The summed E-state index contributed by atoms with van der Waals surface area (Å²) in [7, 11) is 0. The smallest absolute Gasteiger partial charge is 0.298 e. The van der Waals surface area contributed by atoms with E-state index in [1.165, 1.54) is 0 Å². The molecule has 0 bridgehead atoms. The molecule has 1 saturated heterocycles. The molecule has 104 valence electrons. The van der Waals surface area contributed by atoms with E-state index < -0.39 is 0 Å². The Morgan fingerprint density at radius 1 is 1.58 bits per heavy atom. The molecule has 0 aliphatic carbocycles. The first-order valence-corrected chi connectivity index (χ1v) is 6.65. The van der Waals surface area contributed by atoms with E-state index in [4.69, 9.17) is 9.47 Å². The Kier molecular flexibility index (Phi) is 3.29. The van der Waals surface area contributed by atoms with Crippen LogP contribution in [0.2, 0.25) is 0 Å². The highest BCUT2D eigenvalue weighted by molar-refractivity contribution is 5.69. The van der Waals surface area contributed by atoms with Crippen molar-refractivity contribution in [2.24, 2.45) is 0 Å². The summed E-state index contributed by atoms with van der Waals surface area (Å²) in [5.74, 6) is 0.680. The number of aromatic nitrogens is 2. The van der Waals surface area contributed by atoms with Crippen LogP contribution in [0.5, 0.6) is 6.01 Å². The van der Waals surface area contributed by atoms with Crippen LogP contribution in [0.15, 0.2) is 4.79 Å². The Labute approximate surface area is 110 Å². The molecule has 2 aliphatic rings. The fourth-order valence-corrected chi connectivity index (χ4v) is 2.35. The van der Waals surface area contributed by atoms with Crippen molar-refractivity contribution in [3.63, 3.8) is 0 Å². The summed E-state index contributed by atoms with van der Waals surface area (Å²) in [5.41, 5.74) is 0.348. The van der Waals surface area contributed by atoms with Crippen molar-refractivity contribution in [2.75, 3.05) is 36.6 Å². The zero-order valence-electron chi connectivity index (χ0n) is 10.9. The molecule has 3 rings (SSSR count). The third kappa shape index (κ3) is 2.37. The lowest BCUT2D eigenvalue weighted by Gasteiger charge is -2.16. The number of anilines is 2. The first kappa shape index (κ1) is 12.3. The van der Waals surface area contributed by atoms with Gasteiger partial charge in [0.2, 0.25) is 0 Å². The van der Waals surface area contributed by atoms with Gasteiger partial charge >= 0.3 is 0 Å². The van der Waals surface area contributed by atoms with Gasteiger partial charge in [-0.15, -0.1) is 0 Å².